The fourth-order valence-corrected chi connectivity index (χ4v) is 2.70. The molecule has 0 atom stereocenters. The molecule has 0 fully saturated rings. The van der Waals surface area contributed by atoms with Gasteiger partial charge < -0.3 is 14.3 Å². The van der Waals surface area contributed by atoms with Crippen LogP contribution in [0.4, 0.5) is 5.69 Å². The number of rotatable bonds is 5. The SMILES string of the molecule is Brc1cc(CNc2cccc(Cn3ccnc3)c2)oc1Br. The van der Waals surface area contributed by atoms with E-state index < -0.39 is 0 Å². The van der Waals surface area contributed by atoms with Crippen LogP contribution in [0.15, 0.2) is 62.6 Å². The van der Waals surface area contributed by atoms with Crippen LogP contribution in [0.1, 0.15) is 11.3 Å². The lowest BCUT2D eigenvalue weighted by Crippen LogP contribution is -2.00. The molecule has 0 aliphatic heterocycles. The topological polar surface area (TPSA) is 43.0 Å². The third-order valence-corrected chi connectivity index (χ3v) is 4.72. The maximum Gasteiger partial charge on any atom is 0.183 e. The number of nitrogens with zero attached hydrogens (tertiary/aromatic N) is 2. The predicted octanol–water partition coefficient (Wildman–Crippen LogP) is 4.66. The summed E-state index contributed by atoms with van der Waals surface area (Å²) in [7, 11) is 0. The number of halogens is 2. The van der Waals surface area contributed by atoms with Crippen molar-refractivity contribution in [3.8, 4) is 0 Å². The highest BCUT2D eigenvalue weighted by molar-refractivity contribution is 9.13. The number of benzene rings is 1. The van der Waals surface area contributed by atoms with E-state index in [9.17, 15) is 0 Å². The van der Waals surface area contributed by atoms with Gasteiger partial charge in [-0.05, 0) is 55.6 Å². The Bertz CT molecular complexity index is 703. The van der Waals surface area contributed by atoms with E-state index in [1.165, 1.54) is 5.56 Å². The van der Waals surface area contributed by atoms with Gasteiger partial charge in [-0.15, -0.1) is 0 Å². The van der Waals surface area contributed by atoms with Gasteiger partial charge in [0, 0.05) is 24.6 Å². The molecule has 2 aromatic heterocycles. The highest BCUT2D eigenvalue weighted by atomic mass is 79.9. The van der Waals surface area contributed by atoms with Crippen molar-refractivity contribution in [3.63, 3.8) is 0 Å². The van der Waals surface area contributed by atoms with Gasteiger partial charge in [0.2, 0.25) is 0 Å². The lowest BCUT2D eigenvalue weighted by molar-refractivity contribution is 0.494. The van der Waals surface area contributed by atoms with Crippen LogP contribution in [0.2, 0.25) is 0 Å². The number of imidazole rings is 1. The minimum atomic E-state index is 0.638. The molecule has 1 aromatic carbocycles. The van der Waals surface area contributed by atoms with Crippen molar-refractivity contribution in [3.05, 3.63) is 69.5 Å². The molecule has 4 nitrogen and oxygen atoms in total. The Labute approximate surface area is 139 Å². The van der Waals surface area contributed by atoms with E-state index in [2.05, 4.69) is 54.3 Å². The van der Waals surface area contributed by atoms with Crippen molar-refractivity contribution < 1.29 is 4.42 Å². The molecule has 0 amide bonds. The second-order valence-electron chi connectivity index (χ2n) is 4.62. The summed E-state index contributed by atoms with van der Waals surface area (Å²) in [6, 6.07) is 10.3. The van der Waals surface area contributed by atoms with Crippen LogP contribution in [-0.2, 0) is 13.1 Å². The summed E-state index contributed by atoms with van der Waals surface area (Å²) in [5.74, 6) is 0.869. The minimum Gasteiger partial charge on any atom is -0.451 e. The largest absolute Gasteiger partial charge is 0.451 e. The summed E-state index contributed by atoms with van der Waals surface area (Å²) in [4.78, 5) is 4.05. The lowest BCUT2D eigenvalue weighted by Gasteiger charge is -2.07. The third kappa shape index (κ3) is 3.77. The van der Waals surface area contributed by atoms with E-state index in [-0.39, 0.29) is 0 Å². The van der Waals surface area contributed by atoms with Crippen molar-refractivity contribution in [2.45, 2.75) is 13.1 Å². The fourth-order valence-electron chi connectivity index (χ4n) is 2.04. The highest BCUT2D eigenvalue weighted by Gasteiger charge is 2.05. The maximum atomic E-state index is 5.55. The zero-order valence-corrected chi connectivity index (χ0v) is 14.3. The Morgan fingerprint density at radius 2 is 2.14 bits per heavy atom. The van der Waals surface area contributed by atoms with Gasteiger partial charge in [0.15, 0.2) is 4.67 Å². The van der Waals surface area contributed by atoms with Gasteiger partial charge in [-0.25, -0.2) is 4.98 Å². The van der Waals surface area contributed by atoms with Gasteiger partial charge in [-0.2, -0.15) is 0 Å². The number of aromatic nitrogens is 2. The zero-order chi connectivity index (χ0) is 14.7. The predicted molar refractivity (Wildman–Crippen MR) is 89.2 cm³/mol. The van der Waals surface area contributed by atoms with E-state index in [1.54, 1.807) is 6.20 Å². The Morgan fingerprint density at radius 3 is 2.86 bits per heavy atom. The molecular formula is C15H13Br2N3O. The molecule has 3 aromatic rings. The average Bonchev–Trinajstić information content (AvgIpc) is 3.08. The minimum absolute atomic E-state index is 0.638. The quantitative estimate of drug-likeness (QED) is 0.664. The molecule has 3 rings (SSSR count). The molecule has 0 spiro atoms. The van der Waals surface area contributed by atoms with E-state index in [4.69, 9.17) is 4.42 Å². The van der Waals surface area contributed by atoms with E-state index in [0.717, 1.165) is 22.5 Å². The Kier molecular flexibility index (Phi) is 4.45. The van der Waals surface area contributed by atoms with Crippen molar-refractivity contribution in [2.24, 2.45) is 0 Å². The van der Waals surface area contributed by atoms with Crippen LogP contribution in [-0.4, -0.2) is 9.55 Å². The molecule has 21 heavy (non-hydrogen) atoms. The van der Waals surface area contributed by atoms with Gasteiger partial charge in [-0.1, -0.05) is 12.1 Å². The van der Waals surface area contributed by atoms with Gasteiger partial charge in [0.1, 0.15) is 5.76 Å². The lowest BCUT2D eigenvalue weighted by atomic mass is 10.2. The molecular weight excluding hydrogens is 398 g/mol. The van der Waals surface area contributed by atoms with Gasteiger partial charge >= 0.3 is 0 Å². The highest BCUT2D eigenvalue weighted by Crippen LogP contribution is 2.27. The molecule has 108 valence electrons. The first-order valence-electron chi connectivity index (χ1n) is 6.43. The van der Waals surface area contributed by atoms with Crippen LogP contribution < -0.4 is 5.32 Å². The first kappa shape index (κ1) is 14.4. The van der Waals surface area contributed by atoms with Gasteiger partial charge in [0.05, 0.1) is 17.3 Å². The molecule has 0 aliphatic rings. The summed E-state index contributed by atoms with van der Waals surface area (Å²) in [6.45, 7) is 1.45. The normalized spacial score (nSPS) is 10.8. The molecule has 0 bridgehead atoms. The third-order valence-electron chi connectivity index (χ3n) is 3.01. The maximum absolute atomic E-state index is 5.55. The van der Waals surface area contributed by atoms with Gasteiger partial charge in [0.25, 0.3) is 0 Å². The summed E-state index contributed by atoms with van der Waals surface area (Å²) < 4.78 is 9.23. The molecule has 2 heterocycles. The van der Waals surface area contributed by atoms with E-state index in [1.807, 2.05) is 35.3 Å². The van der Waals surface area contributed by atoms with Crippen LogP contribution in [0.3, 0.4) is 0 Å². The molecule has 0 radical (unpaired) electrons. The first-order chi connectivity index (χ1) is 10.2. The van der Waals surface area contributed by atoms with Crippen molar-refractivity contribution in [1.82, 2.24) is 9.55 Å². The number of furan rings is 1. The molecule has 0 saturated carbocycles. The molecule has 6 heteroatoms. The number of anilines is 1. The average molecular weight is 411 g/mol. The monoisotopic (exact) mass is 409 g/mol. The molecule has 0 saturated heterocycles. The van der Waals surface area contributed by atoms with E-state index >= 15 is 0 Å². The van der Waals surface area contributed by atoms with Crippen LogP contribution in [0.5, 0.6) is 0 Å². The summed E-state index contributed by atoms with van der Waals surface area (Å²) >= 11 is 6.75. The fraction of sp³-hybridized carbons (Fsp3) is 0.133. The Morgan fingerprint density at radius 1 is 1.24 bits per heavy atom. The Hall–Kier alpha value is -1.53. The van der Waals surface area contributed by atoms with Crippen molar-refractivity contribution in [1.29, 1.82) is 0 Å². The second-order valence-corrected chi connectivity index (χ2v) is 6.20. The van der Waals surface area contributed by atoms with Gasteiger partial charge in [-0.3, -0.25) is 0 Å². The zero-order valence-electron chi connectivity index (χ0n) is 11.1. The summed E-state index contributed by atoms with van der Waals surface area (Å²) in [6.07, 6.45) is 5.56. The molecule has 0 aliphatic carbocycles. The molecule has 1 N–H and O–H groups in total. The van der Waals surface area contributed by atoms with Crippen LogP contribution >= 0.6 is 31.9 Å². The van der Waals surface area contributed by atoms with E-state index in [0.29, 0.717) is 11.2 Å². The van der Waals surface area contributed by atoms with Crippen molar-refractivity contribution >= 4 is 37.5 Å². The smallest absolute Gasteiger partial charge is 0.183 e. The standard InChI is InChI=1S/C15H13Br2N3O/c16-14-7-13(21-15(14)17)8-19-12-3-1-2-11(6-12)9-20-5-4-18-10-20/h1-7,10,19H,8-9H2. The van der Waals surface area contributed by atoms with Crippen molar-refractivity contribution in [2.75, 3.05) is 5.32 Å². The summed E-state index contributed by atoms with van der Waals surface area (Å²) in [5.41, 5.74) is 2.29. The number of nitrogens with one attached hydrogen (secondary N) is 1. The summed E-state index contributed by atoms with van der Waals surface area (Å²) in [5, 5.41) is 3.36. The second kappa shape index (κ2) is 6.49. The number of hydrogen-bond acceptors (Lipinski definition) is 3. The van der Waals surface area contributed by atoms with Crippen LogP contribution in [0, 0.1) is 0 Å². The van der Waals surface area contributed by atoms with Crippen LogP contribution in [0.25, 0.3) is 0 Å². The molecule has 0 unspecified atom stereocenters. The first-order valence-corrected chi connectivity index (χ1v) is 8.01. The Balaban J connectivity index is 1.65. The number of hydrogen-bond donors (Lipinski definition) is 1.